The molecule has 7 nitrogen and oxygen atoms in total. The van der Waals surface area contributed by atoms with Crippen molar-refractivity contribution in [2.24, 2.45) is 0 Å². The summed E-state index contributed by atoms with van der Waals surface area (Å²) in [6, 6.07) is 5.33. The summed E-state index contributed by atoms with van der Waals surface area (Å²) in [6.45, 7) is 13.4. The van der Waals surface area contributed by atoms with E-state index in [1.807, 2.05) is 19.1 Å². The van der Waals surface area contributed by atoms with Crippen LogP contribution in [0.15, 0.2) is 24.3 Å². The van der Waals surface area contributed by atoms with Crippen molar-refractivity contribution in [3.05, 3.63) is 35.4 Å². The molecule has 206 valence electrons. The lowest BCUT2D eigenvalue weighted by molar-refractivity contribution is -0.142. The van der Waals surface area contributed by atoms with E-state index in [0.29, 0.717) is 17.7 Å². The third-order valence-corrected chi connectivity index (χ3v) is 5.97. The van der Waals surface area contributed by atoms with Gasteiger partial charge in [-0.15, -0.1) is 6.42 Å². The van der Waals surface area contributed by atoms with Crippen LogP contribution in [0, 0.1) is 12.3 Å². The molecule has 0 aliphatic heterocycles. The molecule has 1 aromatic rings. The predicted molar refractivity (Wildman–Crippen MR) is 149 cm³/mol. The second kappa shape index (κ2) is 16.0. The lowest BCUT2D eigenvalue weighted by atomic mass is 9.96. The Balaban J connectivity index is 3.39. The summed E-state index contributed by atoms with van der Waals surface area (Å²) in [5.41, 5.74) is 0.454. The second-order valence-electron chi connectivity index (χ2n) is 10.6. The molecule has 0 spiro atoms. The summed E-state index contributed by atoms with van der Waals surface area (Å²) < 4.78 is 5.35. The third kappa shape index (κ3) is 11.3. The van der Waals surface area contributed by atoms with Crippen molar-refractivity contribution in [1.82, 2.24) is 15.5 Å². The highest BCUT2D eigenvalue weighted by molar-refractivity contribution is 5.92. The Morgan fingerprint density at radius 2 is 1.65 bits per heavy atom. The molecule has 1 rings (SSSR count). The molecule has 0 radical (unpaired) electrons. The quantitative estimate of drug-likeness (QED) is 0.246. The number of hydrogen-bond donors (Lipinski definition) is 2. The van der Waals surface area contributed by atoms with E-state index in [4.69, 9.17) is 11.2 Å². The first-order valence-corrected chi connectivity index (χ1v) is 13.6. The molecule has 0 heterocycles. The molecule has 0 saturated heterocycles. The van der Waals surface area contributed by atoms with E-state index < -0.39 is 23.8 Å². The number of terminal acetylenes is 1. The number of unbranched alkanes of at least 4 members (excludes halogenated alkanes) is 4. The van der Waals surface area contributed by atoms with Crippen LogP contribution in [0.1, 0.15) is 111 Å². The average molecular weight is 514 g/mol. The first-order chi connectivity index (χ1) is 17.4. The van der Waals surface area contributed by atoms with E-state index in [1.54, 1.807) is 44.7 Å². The zero-order valence-corrected chi connectivity index (χ0v) is 23.9. The van der Waals surface area contributed by atoms with E-state index in [-0.39, 0.29) is 17.9 Å². The molecule has 7 heteroatoms. The van der Waals surface area contributed by atoms with Crippen LogP contribution in [0.3, 0.4) is 0 Å². The lowest BCUT2D eigenvalue weighted by Crippen LogP contribution is -2.53. The summed E-state index contributed by atoms with van der Waals surface area (Å²) >= 11 is 0. The van der Waals surface area contributed by atoms with Crippen molar-refractivity contribution in [3.63, 3.8) is 0 Å². The monoisotopic (exact) mass is 513 g/mol. The van der Waals surface area contributed by atoms with Crippen LogP contribution in [0.25, 0.3) is 0 Å². The van der Waals surface area contributed by atoms with Crippen LogP contribution in [0.5, 0.6) is 0 Å². The minimum Gasteiger partial charge on any atom is -0.444 e. The molecule has 3 unspecified atom stereocenters. The summed E-state index contributed by atoms with van der Waals surface area (Å²) in [7, 11) is 0. The Labute approximate surface area is 224 Å². The molecular weight excluding hydrogens is 466 g/mol. The van der Waals surface area contributed by atoms with Crippen molar-refractivity contribution >= 4 is 17.9 Å². The Kier molecular flexibility index (Phi) is 13.8. The van der Waals surface area contributed by atoms with Gasteiger partial charge in [-0.2, -0.15) is 0 Å². The number of hydrogen-bond acceptors (Lipinski definition) is 4. The standard InChI is InChI=1S/C30H47N3O4/c1-9-12-13-14-17-21-33(28(35)23(5)32-29(36)37-30(6,7)8)26(27(34)31-22(4)18-10-2)25-20-16-15-19-24(25)11-3/h3,15-16,19-20,22-23,26H,9-10,12-14,17-18,21H2,1-2,4-8H3,(H,31,34)(H,32,36). The molecule has 2 N–H and O–H groups in total. The van der Waals surface area contributed by atoms with Crippen molar-refractivity contribution in [2.75, 3.05) is 6.54 Å². The fourth-order valence-electron chi connectivity index (χ4n) is 4.19. The predicted octanol–water partition coefficient (Wildman–Crippen LogP) is 5.73. The third-order valence-electron chi connectivity index (χ3n) is 5.97. The van der Waals surface area contributed by atoms with Crippen molar-refractivity contribution in [3.8, 4) is 12.3 Å². The van der Waals surface area contributed by atoms with Gasteiger partial charge in [-0.3, -0.25) is 9.59 Å². The number of alkyl carbamates (subject to hydrolysis) is 1. The Morgan fingerprint density at radius 1 is 1.00 bits per heavy atom. The smallest absolute Gasteiger partial charge is 0.408 e. The van der Waals surface area contributed by atoms with Crippen molar-refractivity contribution < 1.29 is 19.1 Å². The van der Waals surface area contributed by atoms with E-state index in [1.165, 1.54) is 0 Å². The topological polar surface area (TPSA) is 87.7 Å². The zero-order chi connectivity index (χ0) is 28.0. The SMILES string of the molecule is C#Cc1ccccc1C(C(=O)NC(C)CCC)N(CCCCCCC)C(=O)C(C)NC(=O)OC(C)(C)C. The molecule has 0 aliphatic rings. The number of nitrogens with one attached hydrogen (secondary N) is 2. The average Bonchev–Trinajstić information content (AvgIpc) is 2.81. The van der Waals surface area contributed by atoms with Gasteiger partial charge in [0.1, 0.15) is 17.7 Å². The number of carbonyl (C=O) groups is 3. The van der Waals surface area contributed by atoms with Gasteiger partial charge in [0.2, 0.25) is 11.8 Å². The molecule has 0 aliphatic carbocycles. The first-order valence-electron chi connectivity index (χ1n) is 13.6. The number of ether oxygens (including phenoxy) is 1. The fraction of sp³-hybridized carbons (Fsp3) is 0.633. The van der Waals surface area contributed by atoms with Gasteiger partial charge >= 0.3 is 6.09 Å². The van der Waals surface area contributed by atoms with E-state index >= 15 is 0 Å². The Bertz CT molecular complexity index is 916. The van der Waals surface area contributed by atoms with Gasteiger partial charge in [-0.25, -0.2) is 4.79 Å². The number of amides is 3. The van der Waals surface area contributed by atoms with Crippen LogP contribution in [-0.4, -0.2) is 47.0 Å². The summed E-state index contributed by atoms with van der Waals surface area (Å²) in [5, 5.41) is 5.71. The molecule has 37 heavy (non-hydrogen) atoms. The molecule has 0 bridgehead atoms. The highest BCUT2D eigenvalue weighted by Gasteiger charge is 2.35. The first kappa shape index (κ1) is 32.0. The van der Waals surface area contributed by atoms with Gasteiger partial charge in [0.25, 0.3) is 0 Å². The van der Waals surface area contributed by atoms with Gasteiger partial charge in [-0.05, 0) is 59.1 Å². The minimum atomic E-state index is -0.923. The largest absolute Gasteiger partial charge is 0.444 e. The summed E-state index contributed by atoms with van der Waals surface area (Å²) in [5.74, 6) is 2.02. The number of carbonyl (C=O) groups excluding carboxylic acids is 3. The van der Waals surface area contributed by atoms with Crippen molar-refractivity contribution in [2.45, 2.75) is 117 Å². The van der Waals surface area contributed by atoms with Crippen LogP contribution in [0.4, 0.5) is 4.79 Å². The zero-order valence-electron chi connectivity index (χ0n) is 23.9. The maximum Gasteiger partial charge on any atom is 0.408 e. The molecule has 3 amide bonds. The van der Waals surface area contributed by atoms with Gasteiger partial charge in [-0.1, -0.05) is 70.1 Å². The summed E-state index contributed by atoms with van der Waals surface area (Å²) in [6.07, 6.45) is 11.8. The maximum atomic E-state index is 13.8. The van der Waals surface area contributed by atoms with Crippen LogP contribution in [-0.2, 0) is 14.3 Å². The molecule has 0 fully saturated rings. The molecular formula is C30H47N3O4. The number of nitrogens with zero attached hydrogens (tertiary/aromatic N) is 1. The van der Waals surface area contributed by atoms with Gasteiger partial charge in [0.15, 0.2) is 0 Å². The van der Waals surface area contributed by atoms with Gasteiger partial charge < -0.3 is 20.3 Å². The van der Waals surface area contributed by atoms with Crippen molar-refractivity contribution in [1.29, 1.82) is 0 Å². The molecule has 0 aromatic heterocycles. The van der Waals surface area contributed by atoms with E-state index in [0.717, 1.165) is 44.9 Å². The number of benzene rings is 1. The van der Waals surface area contributed by atoms with E-state index in [2.05, 4.69) is 30.4 Å². The maximum absolute atomic E-state index is 13.8. The highest BCUT2D eigenvalue weighted by atomic mass is 16.6. The highest BCUT2D eigenvalue weighted by Crippen LogP contribution is 2.27. The molecule has 1 aromatic carbocycles. The molecule has 3 atom stereocenters. The van der Waals surface area contributed by atoms with Crippen LogP contribution < -0.4 is 10.6 Å². The van der Waals surface area contributed by atoms with Crippen LogP contribution >= 0.6 is 0 Å². The number of rotatable bonds is 14. The normalized spacial score (nSPS) is 13.6. The Morgan fingerprint density at radius 3 is 2.24 bits per heavy atom. The Hall–Kier alpha value is -3.01. The second-order valence-corrected chi connectivity index (χ2v) is 10.6. The van der Waals surface area contributed by atoms with E-state index in [9.17, 15) is 14.4 Å². The van der Waals surface area contributed by atoms with Gasteiger partial charge in [0.05, 0.1) is 0 Å². The van der Waals surface area contributed by atoms with Crippen LogP contribution in [0.2, 0.25) is 0 Å². The van der Waals surface area contributed by atoms with Gasteiger partial charge in [0, 0.05) is 18.2 Å². The summed E-state index contributed by atoms with van der Waals surface area (Å²) in [4.78, 5) is 41.5. The minimum absolute atomic E-state index is 0.0585. The lowest BCUT2D eigenvalue weighted by Gasteiger charge is -2.35. The molecule has 0 saturated carbocycles. The fourth-order valence-corrected chi connectivity index (χ4v) is 4.19.